The molecule has 1 saturated carbocycles. The van der Waals surface area contributed by atoms with Gasteiger partial charge in [-0.05, 0) is 30.9 Å². The first kappa shape index (κ1) is 13.7. The molecule has 0 spiro atoms. The summed E-state index contributed by atoms with van der Waals surface area (Å²) in [6.07, 6.45) is -2.53. The van der Waals surface area contributed by atoms with E-state index >= 15 is 0 Å². The Bertz CT molecular complexity index is 693. The van der Waals surface area contributed by atoms with Gasteiger partial charge in [0.2, 0.25) is 5.95 Å². The summed E-state index contributed by atoms with van der Waals surface area (Å²) in [7, 11) is 0. The first-order valence-corrected chi connectivity index (χ1v) is 6.47. The van der Waals surface area contributed by atoms with Crippen molar-refractivity contribution in [3.05, 3.63) is 35.4 Å². The molecular weight excluding hydrogens is 281 g/mol. The molecule has 1 heterocycles. The molecule has 4 N–H and O–H groups in total. The van der Waals surface area contributed by atoms with Crippen LogP contribution in [0.1, 0.15) is 29.9 Å². The van der Waals surface area contributed by atoms with Gasteiger partial charge in [0.1, 0.15) is 5.82 Å². The van der Waals surface area contributed by atoms with Crippen molar-refractivity contribution in [2.75, 3.05) is 11.5 Å². The fraction of sp³-hybridized carbons (Fsp3) is 0.286. The molecule has 1 aromatic heterocycles. The van der Waals surface area contributed by atoms with Crippen LogP contribution in [0.5, 0.6) is 0 Å². The van der Waals surface area contributed by atoms with Gasteiger partial charge in [0, 0.05) is 11.1 Å². The molecule has 2 aromatic rings. The average molecular weight is 294 g/mol. The van der Waals surface area contributed by atoms with Gasteiger partial charge in [-0.3, -0.25) is 0 Å². The van der Waals surface area contributed by atoms with Crippen molar-refractivity contribution in [2.45, 2.75) is 24.9 Å². The monoisotopic (exact) mass is 294 g/mol. The van der Waals surface area contributed by atoms with Crippen LogP contribution >= 0.6 is 0 Å². The number of hydrogen-bond donors (Lipinski definition) is 2. The van der Waals surface area contributed by atoms with E-state index in [-0.39, 0.29) is 17.7 Å². The summed E-state index contributed by atoms with van der Waals surface area (Å²) in [5, 5.41) is 0. The number of anilines is 2. The van der Waals surface area contributed by atoms with Crippen molar-refractivity contribution in [1.29, 1.82) is 0 Å². The molecule has 7 heteroatoms. The van der Waals surface area contributed by atoms with Crippen LogP contribution in [0.3, 0.4) is 0 Å². The number of hydrogen-bond acceptors (Lipinski definition) is 4. The van der Waals surface area contributed by atoms with Gasteiger partial charge in [0.25, 0.3) is 0 Å². The number of aromatic nitrogens is 2. The van der Waals surface area contributed by atoms with E-state index < -0.39 is 11.7 Å². The Labute approximate surface area is 119 Å². The van der Waals surface area contributed by atoms with Crippen LogP contribution < -0.4 is 11.5 Å². The number of nitrogens with two attached hydrogens (primary N) is 2. The number of alkyl halides is 3. The molecule has 0 amide bonds. The standard InChI is InChI=1S/C14H13F3N4/c15-14(16,17)9-3-1-2-8(6-9)11-10(7-4-5-7)12(18)21-13(19)20-11/h1-3,6-7H,4-5H2,(H4,18,19,20,21). The van der Waals surface area contributed by atoms with Gasteiger partial charge in [0.15, 0.2) is 0 Å². The highest BCUT2D eigenvalue weighted by molar-refractivity contribution is 5.71. The van der Waals surface area contributed by atoms with Crippen molar-refractivity contribution in [2.24, 2.45) is 0 Å². The lowest BCUT2D eigenvalue weighted by atomic mass is 10.0. The fourth-order valence-electron chi connectivity index (χ4n) is 2.34. The van der Waals surface area contributed by atoms with Crippen LogP contribution in [-0.2, 0) is 6.18 Å². The van der Waals surface area contributed by atoms with E-state index in [0.29, 0.717) is 16.8 Å². The Morgan fingerprint density at radius 3 is 2.43 bits per heavy atom. The highest BCUT2D eigenvalue weighted by Crippen LogP contribution is 2.46. The highest BCUT2D eigenvalue weighted by Gasteiger charge is 2.33. The van der Waals surface area contributed by atoms with Crippen LogP contribution in [-0.4, -0.2) is 9.97 Å². The molecule has 21 heavy (non-hydrogen) atoms. The minimum Gasteiger partial charge on any atom is -0.383 e. The van der Waals surface area contributed by atoms with Gasteiger partial charge in [-0.15, -0.1) is 0 Å². The minimum absolute atomic E-state index is 0.0377. The third-order valence-corrected chi connectivity index (χ3v) is 3.44. The number of nitrogen functional groups attached to an aromatic ring is 2. The molecular formula is C14H13F3N4. The number of halogens is 3. The summed E-state index contributed by atoms with van der Waals surface area (Å²) in [5.74, 6) is 0.414. The fourth-order valence-corrected chi connectivity index (χ4v) is 2.34. The van der Waals surface area contributed by atoms with Crippen LogP contribution in [0.2, 0.25) is 0 Å². The summed E-state index contributed by atoms with van der Waals surface area (Å²) < 4.78 is 38.5. The maximum atomic E-state index is 12.8. The molecule has 0 radical (unpaired) electrons. The third kappa shape index (κ3) is 2.63. The molecule has 0 saturated heterocycles. The van der Waals surface area contributed by atoms with Crippen LogP contribution in [0, 0.1) is 0 Å². The van der Waals surface area contributed by atoms with Gasteiger partial charge in [-0.2, -0.15) is 18.2 Å². The van der Waals surface area contributed by atoms with Crippen LogP contribution in [0.15, 0.2) is 24.3 Å². The molecule has 0 atom stereocenters. The van der Waals surface area contributed by atoms with E-state index in [2.05, 4.69) is 9.97 Å². The van der Waals surface area contributed by atoms with Crippen molar-refractivity contribution >= 4 is 11.8 Å². The van der Waals surface area contributed by atoms with Crippen molar-refractivity contribution in [3.8, 4) is 11.3 Å². The summed E-state index contributed by atoms with van der Waals surface area (Å²) in [5.41, 5.74) is 12.2. The largest absolute Gasteiger partial charge is 0.416 e. The van der Waals surface area contributed by atoms with E-state index in [9.17, 15) is 13.2 Å². The lowest BCUT2D eigenvalue weighted by molar-refractivity contribution is -0.137. The van der Waals surface area contributed by atoms with Gasteiger partial charge in [-0.1, -0.05) is 12.1 Å². The predicted molar refractivity (Wildman–Crippen MR) is 73.3 cm³/mol. The van der Waals surface area contributed by atoms with E-state index in [1.807, 2.05) is 0 Å². The molecule has 1 aliphatic rings. The number of benzene rings is 1. The van der Waals surface area contributed by atoms with E-state index in [0.717, 1.165) is 25.0 Å². The first-order chi connectivity index (χ1) is 9.86. The molecule has 3 rings (SSSR count). The maximum absolute atomic E-state index is 12.8. The Morgan fingerprint density at radius 1 is 1.10 bits per heavy atom. The number of rotatable bonds is 2. The van der Waals surface area contributed by atoms with Gasteiger partial charge in [-0.25, -0.2) is 4.98 Å². The van der Waals surface area contributed by atoms with Crippen molar-refractivity contribution in [1.82, 2.24) is 9.97 Å². The highest BCUT2D eigenvalue weighted by atomic mass is 19.4. The summed E-state index contributed by atoms with van der Waals surface area (Å²) in [6.45, 7) is 0. The van der Waals surface area contributed by atoms with Gasteiger partial charge in [0.05, 0.1) is 11.3 Å². The smallest absolute Gasteiger partial charge is 0.383 e. The summed E-state index contributed by atoms with van der Waals surface area (Å²) in [6, 6.07) is 5.01. The second kappa shape index (κ2) is 4.61. The van der Waals surface area contributed by atoms with E-state index in [4.69, 9.17) is 11.5 Å². The molecule has 0 unspecified atom stereocenters. The predicted octanol–water partition coefficient (Wildman–Crippen LogP) is 3.20. The quantitative estimate of drug-likeness (QED) is 0.891. The molecule has 0 aliphatic heterocycles. The normalized spacial score (nSPS) is 15.2. The Hall–Kier alpha value is -2.31. The molecule has 1 aliphatic carbocycles. The van der Waals surface area contributed by atoms with Crippen LogP contribution in [0.4, 0.5) is 24.9 Å². The first-order valence-electron chi connectivity index (χ1n) is 6.47. The lowest BCUT2D eigenvalue weighted by Gasteiger charge is -2.13. The Balaban J connectivity index is 2.16. The number of nitrogens with zero attached hydrogens (tertiary/aromatic N) is 2. The molecule has 1 aromatic carbocycles. The second-order valence-electron chi connectivity index (χ2n) is 5.08. The summed E-state index contributed by atoms with van der Waals surface area (Å²) in [4.78, 5) is 8.02. The van der Waals surface area contributed by atoms with E-state index in [1.54, 1.807) is 6.07 Å². The Kier molecular flexibility index (Phi) is 3.00. The average Bonchev–Trinajstić information content (AvgIpc) is 3.21. The maximum Gasteiger partial charge on any atom is 0.416 e. The SMILES string of the molecule is Nc1nc(N)c(C2CC2)c(-c2cccc(C(F)(F)F)c2)n1. The molecule has 110 valence electrons. The molecule has 4 nitrogen and oxygen atoms in total. The second-order valence-corrected chi connectivity index (χ2v) is 5.08. The third-order valence-electron chi connectivity index (χ3n) is 3.44. The van der Waals surface area contributed by atoms with Crippen LogP contribution in [0.25, 0.3) is 11.3 Å². The zero-order valence-electron chi connectivity index (χ0n) is 11.0. The lowest BCUT2D eigenvalue weighted by Crippen LogP contribution is -2.08. The van der Waals surface area contributed by atoms with Crippen molar-refractivity contribution < 1.29 is 13.2 Å². The molecule has 1 fully saturated rings. The minimum atomic E-state index is -4.40. The van der Waals surface area contributed by atoms with E-state index in [1.165, 1.54) is 6.07 Å². The zero-order chi connectivity index (χ0) is 15.2. The summed E-state index contributed by atoms with van der Waals surface area (Å²) >= 11 is 0. The Morgan fingerprint density at radius 2 is 1.81 bits per heavy atom. The zero-order valence-corrected chi connectivity index (χ0v) is 11.0. The van der Waals surface area contributed by atoms with Crippen molar-refractivity contribution in [3.63, 3.8) is 0 Å². The van der Waals surface area contributed by atoms with Gasteiger partial charge >= 0.3 is 6.18 Å². The van der Waals surface area contributed by atoms with Gasteiger partial charge < -0.3 is 11.5 Å². The topological polar surface area (TPSA) is 77.8 Å². The molecule has 0 bridgehead atoms.